The Bertz CT molecular complexity index is 1020. The number of benzene rings is 2. The summed E-state index contributed by atoms with van der Waals surface area (Å²) >= 11 is 0. The van der Waals surface area contributed by atoms with Crippen molar-refractivity contribution in [3.63, 3.8) is 0 Å². The lowest BCUT2D eigenvalue weighted by atomic mass is 10.1. The van der Waals surface area contributed by atoms with Gasteiger partial charge in [0.05, 0.1) is 9.82 Å². The second-order valence-electron chi connectivity index (χ2n) is 6.05. The zero-order chi connectivity index (χ0) is 20.5. The number of rotatable bonds is 4. The second-order valence-corrected chi connectivity index (χ2v) is 7.99. The van der Waals surface area contributed by atoms with Crippen LogP contribution in [0.1, 0.15) is 10.4 Å². The number of non-ortho nitro benzene ring substituents is 1. The van der Waals surface area contributed by atoms with Gasteiger partial charge in [0.2, 0.25) is 10.0 Å². The van der Waals surface area contributed by atoms with Crippen LogP contribution < -0.4 is 0 Å². The van der Waals surface area contributed by atoms with Crippen LogP contribution in [0.4, 0.5) is 14.5 Å². The molecule has 2 aromatic carbocycles. The standard InChI is InChI=1S/C17H15F2N3O5S/c18-14-5-2-6-15(19)16(14)17(23)20-7-9-21(10-8-20)28(26,27)13-4-1-3-12(11-13)22(24)25/h1-6,11H,7-10H2. The first-order valence-electron chi connectivity index (χ1n) is 8.19. The van der Waals surface area contributed by atoms with Crippen molar-refractivity contribution in [2.24, 2.45) is 0 Å². The third-order valence-electron chi connectivity index (χ3n) is 4.37. The highest BCUT2D eigenvalue weighted by Gasteiger charge is 2.32. The lowest BCUT2D eigenvalue weighted by Gasteiger charge is -2.34. The first kappa shape index (κ1) is 19.8. The van der Waals surface area contributed by atoms with Gasteiger partial charge in [0.25, 0.3) is 11.6 Å². The van der Waals surface area contributed by atoms with Gasteiger partial charge in [-0.05, 0) is 18.2 Å². The number of amides is 1. The first-order chi connectivity index (χ1) is 13.2. The third-order valence-corrected chi connectivity index (χ3v) is 6.26. The Morgan fingerprint density at radius 2 is 1.57 bits per heavy atom. The van der Waals surface area contributed by atoms with Crippen LogP contribution in [0.2, 0.25) is 0 Å². The van der Waals surface area contributed by atoms with Gasteiger partial charge in [-0.3, -0.25) is 14.9 Å². The molecule has 0 atom stereocenters. The van der Waals surface area contributed by atoms with Crippen LogP contribution in [-0.4, -0.2) is 54.6 Å². The van der Waals surface area contributed by atoms with Gasteiger partial charge in [0.1, 0.15) is 17.2 Å². The molecule has 0 spiro atoms. The molecule has 3 rings (SSSR count). The lowest BCUT2D eigenvalue weighted by Crippen LogP contribution is -2.50. The molecule has 0 saturated carbocycles. The van der Waals surface area contributed by atoms with Gasteiger partial charge in [-0.1, -0.05) is 12.1 Å². The number of nitro benzene ring substituents is 1. The summed E-state index contributed by atoms with van der Waals surface area (Å²) in [5, 5.41) is 10.9. The van der Waals surface area contributed by atoms with E-state index >= 15 is 0 Å². The Labute approximate surface area is 159 Å². The van der Waals surface area contributed by atoms with E-state index in [9.17, 15) is 32.1 Å². The molecule has 28 heavy (non-hydrogen) atoms. The van der Waals surface area contributed by atoms with Crippen LogP contribution in [0.15, 0.2) is 47.4 Å². The molecule has 11 heteroatoms. The predicted octanol–water partition coefficient (Wildman–Crippen LogP) is 2.02. The highest BCUT2D eigenvalue weighted by molar-refractivity contribution is 7.89. The fourth-order valence-electron chi connectivity index (χ4n) is 2.90. The Morgan fingerprint density at radius 3 is 2.14 bits per heavy atom. The Balaban J connectivity index is 1.75. The topological polar surface area (TPSA) is 101 Å². The van der Waals surface area contributed by atoms with Crippen LogP contribution in [0.25, 0.3) is 0 Å². The summed E-state index contributed by atoms with van der Waals surface area (Å²) in [6.45, 7) is -0.346. The Hall–Kier alpha value is -2.92. The van der Waals surface area contributed by atoms with Crippen molar-refractivity contribution >= 4 is 21.6 Å². The smallest absolute Gasteiger partial charge is 0.270 e. The molecule has 1 aliphatic heterocycles. The van der Waals surface area contributed by atoms with Crippen molar-refractivity contribution < 1.29 is 26.9 Å². The van der Waals surface area contributed by atoms with Gasteiger partial charge in [-0.15, -0.1) is 0 Å². The molecule has 0 radical (unpaired) electrons. The maximum Gasteiger partial charge on any atom is 0.270 e. The fraction of sp³-hybridized carbons (Fsp3) is 0.235. The molecule has 8 nitrogen and oxygen atoms in total. The molecule has 2 aromatic rings. The van der Waals surface area contributed by atoms with E-state index in [2.05, 4.69) is 0 Å². The molecule has 1 fully saturated rings. The van der Waals surface area contributed by atoms with Gasteiger partial charge in [-0.2, -0.15) is 4.31 Å². The van der Waals surface area contributed by atoms with Crippen molar-refractivity contribution in [3.8, 4) is 0 Å². The molecule has 1 heterocycles. The van der Waals surface area contributed by atoms with Crippen LogP contribution in [0.5, 0.6) is 0 Å². The third kappa shape index (κ3) is 3.71. The van der Waals surface area contributed by atoms with E-state index in [1.54, 1.807) is 0 Å². The monoisotopic (exact) mass is 411 g/mol. The van der Waals surface area contributed by atoms with Crippen LogP contribution in [0.3, 0.4) is 0 Å². The minimum absolute atomic E-state index is 0.0687. The quantitative estimate of drug-likeness (QED) is 0.566. The molecule has 0 aliphatic carbocycles. The number of carbonyl (C=O) groups excluding carboxylic acids is 1. The first-order valence-corrected chi connectivity index (χ1v) is 9.63. The van der Waals surface area contributed by atoms with Gasteiger partial charge in [0.15, 0.2) is 0 Å². The van der Waals surface area contributed by atoms with Crippen LogP contribution in [-0.2, 0) is 10.0 Å². The summed E-state index contributed by atoms with van der Waals surface area (Å²) in [7, 11) is -4.01. The Kier molecular flexibility index (Phi) is 5.38. The van der Waals surface area contributed by atoms with E-state index in [0.29, 0.717) is 0 Å². The summed E-state index contributed by atoms with van der Waals surface area (Å²) in [6.07, 6.45) is 0. The molecular weight excluding hydrogens is 396 g/mol. The molecule has 0 aromatic heterocycles. The normalized spacial score (nSPS) is 15.4. The van der Waals surface area contributed by atoms with Gasteiger partial charge in [-0.25, -0.2) is 17.2 Å². The van der Waals surface area contributed by atoms with Crippen molar-refractivity contribution in [1.29, 1.82) is 0 Å². The molecule has 0 N–H and O–H groups in total. The largest absolute Gasteiger partial charge is 0.336 e. The summed E-state index contributed by atoms with van der Waals surface area (Å²) in [5.74, 6) is -2.84. The van der Waals surface area contributed by atoms with Gasteiger partial charge >= 0.3 is 0 Å². The number of hydrogen-bond acceptors (Lipinski definition) is 5. The van der Waals surface area contributed by atoms with E-state index in [-0.39, 0.29) is 36.8 Å². The fourth-order valence-corrected chi connectivity index (χ4v) is 4.36. The number of nitrogens with zero attached hydrogens (tertiary/aromatic N) is 3. The molecule has 1 saturated heterocycles. The molecule has 0 unspecified atom stereocenters. The maximum absolute atomic E-state index is 13.8. The predicted molar refractivity (Wildman–Crippen MR) is 94.1 cm³/mol. The van der Waals surface area contributed by atoms with Gasteiger partial charge in [0, 0.05) is 38.3 Å². The van der Waals surface area contributed by atoms with E-state index in [1.165, 1.54) is 23.1 Å². The van der Waals surface area contributed by atoms with E-state index < -0.39 is 38.1 Å². The van der Waals surface area contributed by atoms with E-state index in [4.69, 9.17) is 0 Å². The molecule has 1 amide bonds. The van der Waals surface area contributed by atoms with Crippen molar-refractivity contribution in [3.05, 3.63) is 69.8 Å². The SMILES string of the molecule is O=C(c1c(F)cccc1F)N1CCN(S(=O)(=O)c2cccc([N+](=O)[O-])c2)CC1. The highest BCUT2D eigenvalue weighted by atomic mass is 32.2. The summed E-state index contributed by atoms with van der Waals surface area (Å²) in [6, 6.07) is 7.74. The van der Waals surface area contributed by atoms with Crippen LogP contribution in [0, 0.1) is 21.7 Å². The number of sulfonamides is 1. The minimum atomic E-state index is -4.01. The number of hydrogen-bond donors (Lipinski definition) is 0. The highest BCUT2D eigenvalue weighted by Crippen LogP contribution is 2.23. The number of halogens is 2. The summed E-state index contributed by atoms with van der Waals surface area (Å²) in [5.41, 5.74) is -1.04. The number of nitro groups is 1. The van der Waals surface area contributed by atoms with Crippen molar-refractivity contribution in [2.45, 2.75) is 4.90 Å². The number of carbonyl (C=O) groups is 1. The maximum atomic E-state index is 13.8. The van der Waals surface area contributed by atoms with E-state index in [1.807, 2.05) is 0 Å². The van der Waals surface area contributed by atoms with Crippen molar-refractivity contribution in [1.82, 2.24) is 9.21 Å². The van der Waals surface area contributed by atoms with Crippen molar-refractivity contribution in [2.75, 3.05) is 26.2 Å². The summed E-state index contributed by atoms with van der Waals surface area (Å²) < 4.78 is 54.1. The van der Waals surface area contributed by atoms with Gasteiger partial charge < -0.3 is 4.90 Å². The molecule has 0 bridgehead atoms. The average molecular weight is 411 g/mol. The van der Waals surface area contributed by atoms with E-state index in [0.717, 1.165) is 28.6 Å². The zero-order valence-corrected chi connectivity index (χ0v) is 15.2. The minimum Gasteiger partial charge on any atom is -0.336 e. The average Bonchev–Trinajstić information content (AvgIpc) is 2.68. The lowest BCUT2D eigenvalue weighted by molar-refractivity contribution is -0.385. The Morgan fingerprint density at radius 1 is 1.00 bits per heavy atom. The second kappa shape index (κ2) is 7.60. The van der Waals surface area contributed by atoms with Crippen LogP contribution >= 0.6 is 0 Å². The number of piperazine rings is 1. The molecular formula is C17H15F2N3O5S. The molecule has 1 aliphatic rings. The molecule has 148 valence electrons. The zero-order valence-electron chi connectivity index (χ0n) is 14.4. The summed E-state index contributed by atoms with van der Waals surface area (Å²) in [4.78, 5) is 23.5.